The molecule has 7 heteroatoms. The Labute approximate surface area is 191 Å². The van der Waals surface area contributed by atoms with E-state index in [2.05, 4.69) is 0 Å². The molecule has 1 unspecified atom stereocenters. The van der Waals surface area contributed by atoms with Crippen molar-refractivity contribution in [2.24, 2.45) is 0 Å². The molecular formula is C26H24FNO5. The standard InChI is InChI=1S/C26H24FNO5/c1-28(23(25(29)30)14-16-11-12-24(32-2)22(27)13-16)26(31)33-15-21-19-9-5-3-7-17(19)18-8-4-6-10-20(18)21/h3-13,21,23H,14-15H2,1-2H3,(H,29,30). The van der Waals surface area contributed by atoms with Crippen molar-refractivity contribution in [1.82, 2.24) is 4.90 Å². The van der Waals surface area contributed by atoms with Crippen molar-refractivity contribution < 1.29 is 28.6 Å². The fourth-order valence-electron chi connectivity index (χ4n) is 4.27. The zero-order valence-electron chi connectivity index (χ0n) is 18.3. The Balaban J connectivity index is 1.47. The number of likely N-dealkylation sites (N-methyl/N-ethyl adjacent to an activating group) is 1. The molecule has 0 fully saturated rings. The number of fused-ring (bicyclic) bond motifs is 3. The van der Waals surface area contributed by atoms with Gasteiger partial charge < -0.3 is 14.6 Å². The van der Waals surface area contributed by atoms with Crippen LogP contribution < -0.4 is 4.74 Å². The van der Waals surface area contributed by atoms with Crippen LogP contribution in [0, 0.1) is 5.82 Å². The molecule has 3 aromatic rings. The van der Waals surface area contributed by atoms with Gasteiger partial charge in [0.15, 0.2) is 11.6 Å². The van der Waals surface area contributed by atoms with Crippen molar-refractivity contribution in [2.45, 2.75) is 18.4 Å². The van der Waals surface area contributed by atoms with Crippen LogP contribution in [0.2, 0.25) is 0 Å². The average Bonchev–Trinajstić information content (AvgIpc) is 3.14. The summed E-state index contributed by atoms with van der Waals surface area (Å²) in [5.74, 6) is -1.87. The number of carboxylic acid groups (broad SMARTS) is 1. The maximum absolute atomic E-state index is 14.0. The van der Waals surface area contributed by atoms with Gasteiger partial charge >= 0.3 is 12.1 Å². The number of carboxylic acids is 1. The molecule has 1 N–H and O–H groups in total. The van der Waals surface area contributed by atoms with Crippen LogP contribution in [0.3, 0.4) is 0 Å². The first-order chi connectivity index (χ1) is 15.9. The Hall–Kier alpha value is -3.87. The minimum atomic E-state index is -1.21. The monoisotopic (exact) mass is 449 g/mol. The van der Waals surface area contributed by atoms with Crippen molar-refractivity contribution in [2.75, 3.05) is 20.8 Å². The van der Waals surface area contributed by atoms with Crippen LogP contribution in [0.5, 0.6) is 5.75 Å². The highest BCUT2D eigenvalue weighted by atomic mass is 19.1. The number of hydrogen-bond acceptors (Lipinski definition) is 4. The number of halogens is 1. The average molecular weight is 449 g/mol. The molecule has 0 aliphatic heterocycles. The van der Waals surface area contributed by atoms with E-state index in [-0.39, 0.29) is 24.7 Å². The summed E-state index contributed by atoms with van der Waals surface area (Å²) < 4.78 is 24.5. The lowest BCUT2D eigenvalue weighted by molar-refractivity contribution is -0.142. The summed E-state index contributed by atoms with van der Waals surface area (Å²) in [6.07, 6.45) is -0.824. The zero-order chi connectivity index (χ0) is 23.5. The lowest BCUT2D eigenvalue weighted by atomic mass is 9.98. The molecule has 3 aromatic carbocycles. The van der Waals surface area contributed by atoms with Crippen LogP contribution in [0.25, 0.3) is 11.1 Å². The SMILES string of the molecule is COc1ccc(CC(C(=O)O)N(C)C(=O)OCC2c3ccccc3-c3ccccc32)cc1F. The van der Waals surface area contributed by atoms with Crippen molar-refractivity contribution in [1.29, 1.82) is 0 Å². The summed E-state index contributed by atoms with van der Waals surface area (Å²) in [4.78, 5) is 25.7. The number of nitrogens with zero attached hydrogens (tertiary/aromatic N) is 1. The Morgan fingerprint density at radius 1 is 1.03 bits per heavy atom. The predicted octanol–water partition coefficient (Wildman–Crippen LogP) is 4.71. The Bertz CT molecular complexity index is 1150. The van der Waals surface area contributed by atoms with Gasteiger partial charge in [-0.2, -0.15) is 0 Å². The van der Waals surface area contributed by atoms with E-state index in [4.69, 9.17) is 9.47 Å². The molecule has 1 aliphatic carbocycles. The number of aliphatic carboxylic acids is 1. The van der Waals surface area contributed by atoms with Crippen LogP contribution in [-0.2, 0) is 16.0 Å². The van der Waals surface area contributed by atoms with E-state index in [1.165, 1.54) is 26.3 Å². The van der Waals surface area contributed by atoms with E-state index in [1.807, 2.05) is 48.5 Å². The molecule has 33 heavy (non-hydrogen) atoms. The first-order valence-electron chi connectivity index (χ1n) is 10.5. The highest BCUT2D eigenvalue weighted by molar-refractivity contribution is 5.81. The number of carbonyl (C=O) groups excluding carboxylic acids is 1. The highest BCUT2D eigenvalue weighted by Gasteiger charge is 2.32. The summed E-state index contributed by atoms with van der Waals surface area (Å²) >= 11 is 0. The van der Waals surface area contributed by atoms with Gasteiger partial charge in [0.25, 0.3) is 0 Å². The smallest absolute Gasteiger partial charge is 0.410 e. The molecule has 6 nitrogen and oxygen atoms in total. The van der Waals surface area contributed by atoms with Crippen LogP contribution in [0.15, 0.2) is 66.7 Å². The second kappa shape index (κ2) is 9.32. The van der Waals surface area contributed by atoms with E-state index < -0.39 is 23.9 Å². The summed E-state index contributed by atoms with van der Waals surface area (Å²) in [6.45, 7) is 0.0840. The van der Waals surface area contributed by atoms with E-state index in [0.717, 1.165) is 27.2 Å². The van der Waals surface area contributed by atoms with Crippen LogP contribution in [-0.4, -0.2) is 48.9 Å². The number of amides is 1. The third-order valence-electron chi connectivity index (χ3n) is 6.02. The molecule has 0 aromatic heterocycles. The second-order valence-electron chi connectivity index (χ2n) is 7.94. The predicted molar refractivity (Wildman–Crippen MR) is 121 cm³/mol. The summed E-state index contributed by atoms with van der Waals surface area (Å²) in [6, 6.07) is 18.9. The molecule has 0 bridgehead atoms. The number of methoxy groups -OCH3 is 1. The topological polar surface area (TPSA) is 76.1 Å². The molecule has 1 aliphatic rings. The Kier molecular flexibility index (Phi) is 6.31. The van der Waals surface area contributed by atoms with Gasteiger partial charge in [-0.05, 0) is 39.9 Å². The van der Waals surface area contributed by atoms with Gasteiger partial charge in [0.1, 0.15) is 12.6 Å². The third kappa shape index (κ3) is 4.39. The van der Waals surface area contributed by atoms with Gasteiger partial charge in [-0.25, -0.2) is 14.0 Å². The fourth-order valence-corrected chi connectivity index (χ4v) is 4.27. The summed E-state index contributed by atoms with van der Waals surface area (Å²) in [7, 11) is 2.72. The van der Waals surface area contributed by atoms with Gasteiger partial charge in [0.05, 0.1) is 7.11 Å². The number of rotatable bonds is 7. The molecule has 4 rings (SSSR count). The van der Waals surface area contributed by atoms with E-state index in [0.29, 0.717) is 5.56 Å². The summed E-state index contributed by atoms with van der Waals surface area (Å²) in [5, 5.41) is 9.70. The number of carbonyl (C=O) groups is 2. The molecular weight excluding hydrogens is 425 g/mol. The number of benzene rings is 3. The molecule has 0 heterocycles. The highest BCUT2D eigenvalue weighted by Crippen LogP contribution is 2.44. The van der Waals surface area contributed by atoms with E-state index in [9.17, 15) is 19.1 Å². The minimum Gasteiger partial charge on any atom is -0.494 e. The molecule has 170 valence electrons. The van der Waals surface area contributed by atoms with Crippen molar-refractivity contribution in [3.63, 3.8) is 0 Å². The number of hydrogen-bond donors (Lipinski definition) is 1. The second-order valence-corrected chi connectivity index (χ2v) is 7.94. The third-order valence-corrected chi connectivity index (χ3v) is 6.02. The molecule has 0 saturated carbocycles. The van der Waals surface area contributed by atoms with Crippen LogP contribution in [0.4, 0.5) is 9.18 Å². The van der Waals surface area contributed by atoms with E-state index >= 15 is 0 Å². The maximum atomic E-state index is 14.0. The minimum absolute atomic E-state index is 0.0653. The first kappa shape index (κ1) is 22.3. The van der Waals surface area contributed by atoms with Gasteiger partial charge in [-0.3, -0.25) is 4.90 Å². The zero-order valence-corrected chi connectivity index (χ0v) is 18.3. The lowest BCUT2D eigenvalue weighted by Gasteiger charge is -2.25. The van der Waals surface area contributed by atoms with Crippen molar-refractivity contribution >= 4 is 12.1 Å². The quantitative estimate of drug-likeness (QED) is 0.565. The van der Waals surface area contributed by atoms with Crippen LogP contribution in [0.1, 0.15) is 22.6 Å². The molecule has 1 amide bonds. The normalized spacial score (nSPS) is 13.1. The Morgan fingerprint density at radius 2 is 1.64 bits per heavy atom. The summed E-state index contributed by atoms with van der Waals surface area (Å²) in [5.41, 5.74) is 4.77. The molecule has 0 spiro atoms. The van der Waals surface area contributed by atoms with Gasteiger partial charge in [-0.1, -0.05) is 54.6 Å². The van der Waals surface area contributed by atoms with Crippen molar-refractivity contribution in [3.05, 3.63) is 89.2 Å². The molecule has 0 saturated heterocycles. The first-order valence-corrected chi connectivity index (χ1v) is 10.5. The lowest BCUT2D eigenvalue weighted by Crippen LogP contribution is -2.44. The van der Waals surface area contributed by atoms with Crippen LogP contribution >= 0.6 is 0 Å². The Morgan fingerprint density at radius 3 is 2.18 bits per heavy atom. The van der Waals surface area contributed by atoms with Gasteiger partial charge in [-0.15, -0.1) is 0 Å². The van der Waals surface area contributed by atoms with Gasteiger partial charge in [0, 0.05) is 19.4 Å². The molecule has 1 atom stereocenters. The van der Waals surface area contributed by atoms with Crippen molar-refractivity contribution in [3.8, 4) is 16.9 Å². The fraction of sp³-hybridized carbons (Fsp3) is 0.231. The van der Waals surface area contributed by atoms with E-state index in [1.54, 1.807) is 6.07 Å². The largest absolute Gasteiger partial charge is 0.494 e. The van der Waals surface area contributed by atoms with Gasteiger partial charge in [0.2, 0.25) is 0 Å². The maximum Gasteiger partial charge on any atom is 0.410 e. The molecule has 0 radical (unpaired) electrons. The number of ether oxygens (including phenoxy) is 2.